The van der Waals surface area contributed by atoms with Crippen molar-refractivity contribution < 1.29 is 4.48 Å². The average molecular weight is 224 g/mol. The van der Waals surface area contributed by atoms with E-state index in [1.165, 1.54) is 30.3 Å². The van der Waals surface area contributed by atoms with Crippen molar-refractivity contribution in [2.75, 3.05) is 13.6 Å². The second kappa shape index (κ2) is 3.73. The summed E-state index contributed by atoms with van der Waals surface area (Å²) in [5.41, 5.74) is 0.519. The molecule has 2 heterocycles. The summed E-state index contributed by atoms with van der Waals surface area (Å²) < 4.78 is 1.34. The predicted octanol–water partition coefficient (Wildman–Crippen LogP) is 3.69. The van der Waals surface area contributed by atoms with E-state index >= 15 is 0 Å². The van der Waals surface area contributed by atoms with Crippen LogP contribution >= 0.6 is 0 Å². The molecular weight excluding hydrogens is 194 g/mol. The van der Waals surface area contributed by atoms with Gasteiger partial charge in [0.2, 0.25) is 0 Å². The largest absolute Gasteiger partial charge is 0.321 e. The first-order valence-corrected chi connectivity index (χ1v) is 7.10. The molecule has 4 atom stereocenters. The maximum atomic E-state index is 2.50. The average Bonchev–Trinajstić information content (AvgIpc) is 2.16. The number of quaternary nitrogens is 1. The Morgan fingerprint density at radius 1 is 1.12 bits per heavy atom. The molecule has 1 heteroatoms. The van der Waals surface area contributed by atoms with Gasteiger partial charge in [0.25, 0.3) is 0 Å². The third kappa shape index (κ3) is 1.81. The lowest BCUT2D eigenvalue weighted by Gasteiger charge is -2.59. The highest BCUT2D eigenvalue weighted by Gasteiger charge is 2.52. The van der Waals surface area contributed by atoms with Crippen LogP contribution in [-0.2, 0) is 0 Å². The molecule has 2 aliphatic heterocycles. The van der Waals surface area contributed by atoms with Gasteiger partial charge in [-0.15, -0.1) is 0 Å². The summed E-state index contributed by atoms with van der Waals surface area (Å²) >= 11 is 0. The van der Waals surface area contributed by atoms with Crippen LogP contribution in [0, 0.1) is 17.3 Å². The van der Waals surface area contributed by atoms with Crippen LogP contribution in [0.1, 0.15) is 53.9 Å². The van der Waals surface area contributed by atoms with Crippen LogP contribution in [-0.4, -0.2) is 30.2 Å². The third-order valence-corrected chi connectivity index (χ3v) is 5.72. The van der Waals surface area contributed by atoms with Gasteiger partial charge in [-0.3, -0.25) is 0 Å². The number of piperidine rings is 2. The summed E-state index contributed by atoms with van der Waals surface area (Å²) in [5.74, 6) is 1.95. The molecule has 0 radical (unpaired) electrons. The monoisotopic (exact) mass is 224 g/mol. The second-order valence-corrected chi connectivity index (χ2v) is 7.82. The van der Waals surface area contributed by atoms with Crippen LogP contribution in [0.15, 0.2) is 0 Å². The van der Waals surface area contributed by atoms with Gasteiger partial charge in [0.15, 0.2) is 0 Å². The Morgan fingerprint density at radius 2 is 1.75 bits per heavy atom. The molecule has 16 heavy (non-hydrogen) atoms. The van der Waals surface area contributed by atoms with Crippen LogP contribution in [0.2, 0.25) is 0 Å². The molecule has 1 saturated carbocycles. The van der Waals surface area contributed by atoms with Crippen molar-refractivity contribution in [1.82, 2.24) is 0 Å². The Labute approximate surface area is 102 Å². The Bertz CT molecular complexity index is 263. The summed E-state index contributed by atoms with van der Waals surface area (Å²) in [7, 11) is 2.50. The fraction of sp³-hybridized carbons (Fsp3) is 1.00. The highest BCUT2D eigenvalue weighted by Crippen LogP contribution is 2.50. The first-order chi connectivity index (χ1) is 7.25. The molecular formula is C15H30N+. The van der Waals surface area contributed by atoms with Gasteiger partial charge in [0.1, 0.15) is 0 Å². The first kappa shape index (κ1) is 12.4. The molecule has 3 rings (SSSR count). The van der Waals surface area contributed by atoms with Crippen LogP contribution in [0.4, 0.5) is 0 Å². The summed E-state index contributed by atoms with van der Waals surface area (Å²) in [6.07, 6.45) is 4.45. The van der Waals surface area contributed by atoms with Crippen molar-refractivity contribution in [2.24, 2.45) is 17.3 Å². The van der Waals surface area contributed by atoms with Gasteiger partial charge in [-0.05, 0) is 38.0 Å². The van der Waals surface area contributed by atoms with Crippen LogP contribution in [0.25, 0.3) is 0 Å². The van der Waals surface area contributed by atoms with E-state index in [4.69, 9.17) is 0 Å². The third-order valence-electron chi connectivity index (χ3n) is 5.72. The zero-order valence-electron chi connectivity index (χ0n) is 12.1. The van der Waals surface area contributed by atoms with Gasteiger partial charge in [-0.2, -0.15) is 0 Å². The lowest BCUT2D eigenvalue weighted by molar-refractivity contribution is -0.968. The number of hydrogen-bond donors (Lipinski definition) is 0. The van der Waals surface area contributed by atoms with Gasteiger partial charge in [-0.1, -0.05) is 20.8 Å². The summed E-state index contributed by atoms with van der Waals surface area (Å²) in [4.78, 5) is 0. The maximum Gasteiger partial charge on any atom is 0.0893 e. The minimum atomic E-state index is 0.519. The van der Waals surface area contributed by atoms with Crippen LogP contribution < -0.4 is 0 Å². The van der Waals surface area contributed by atoms with Crippen molar-refractivity contribution in [3.8, 4) is 0 Å². The predicted molar refractivity (Wildman–Crippen MR) is 70.3 cm³/mol. The quantitative estimate of drug-likeness (QED) is 0.596. The van der Waals surface area contributed by atoms with E-state index in [2.05, 4.69) is 41.7 Å². The molecule has 2 saturated heterocycles. The van der Waals surface area contributed by atoms with E-state index in [1.54, 1.807) is 0 Å². The van der Waals surface area contributed by atoms with Crippen molar-refractivity contribution in [3.05, 3.63) is 0 Å². The topological polar surface area (TPSA) is 0 Å². The van der Waals surface area contributed by atoms with Crippen LogP contribution in [0.5, 0.6) is 0 Å². The Kier molecular flexibility index (Phi) is 2.89. The SMILES string of the molecule is CC(C)[N+]1(C)CC2CCC1CC2C(C)(C)C. The molecule has 0 aromatic rings. The lowest BCUT2D eigenvalue weighted by Crippen LogP contribution is -2.67. The number of hydrogen-bond acceptors (Lipinski definition) is 0. The van der Waals surface area contributed by atoms with E-state index < -0.39 is 0 Å². The van der Waals surface area contributed by atoms with Crippen LogP contribution in [0.3, 0.4) is 0 Å². The second-order valence-electron chi connectivity index (χ2n) is 7.82. The van der Waals surface area contributed by atoms with Gasteiger partial charge in [0, 0.05) is 12.3 Å². The molecule has 0 spiro atoms. The maximum absolute atomic E-state index is 2.50. The van der Waals surface area contributed by atoms with Crippen molar-refractivity contribution in [3.63, 3.8) is 0 Å². The Morgan fingerprint density at radius 3 is 2.12 bits per heavy atom. The molecule has 1 nitrogen and oxygen atoms in total. The highest BCUT2D eigenvalue weighted by molar-refractivity contribution is 4.92. The number of fused-ring (bicyclic) bond motifs is 3. The van der Waals surface area contributed by atoms with Crippen molar-refractivity contribution >= 4 is 0 Å². The van der Waals surface area contributed by atoms with E-state index in [1.807, 2.05) is 0 Å². The zero-order chi connectivity index (χ0) is 12.1. The summed E-state index contributed by atoms with van der Waals surface area (Å²) in [6.45, 7) is 13.6. The summed E-state index contributed by atoms with van der Waals surface area (Å²) in [5, 5.41) is 0. The minimum absolute atomic E-state index is 0.519. The molecule has 0 aromatic carbocycles. The molecule has 0 amide bonds. The van der Waals surface area contributed by atoms with Gasteiger partial charge >= 0.3 is 0 Å². The smallest absolute Gasteiger partial charge is 0.0893 e. The van der Waals surface area contributed by atoms with E-state index in [0.29, 0.717) is 5.41 Å². The molecule has 3 aliphatic rings. The first-order valence-electron chi connectivity index (χ1n) is 7.10. The van der Waals surface area contributed by atoms with Gasteiger partial charge < -0.3 is 4.48 Å². The molecule has 0 aromatic heterocycles. The Balaban J connectivity index is 2.19. The standard InChI is InChI=1S/C15H30N/c1-11(2)16(6)10-12-7-8-13(16)9-14(12)15(3,4)5/h11-14H,7-10H2,1-6H3/q+1. The van der Waals surface area contributed by atoms with Crippen molar-refractivity contribution in [2.45, 2.75) is 66.0 Å². The van der Waals surface area contributed by atoms with E-state index in [9.17, 15) is 0 Å². The molecule has 1 aliphatic carbocycles. The number of rotatable bonds is 1. The molecule has 4 unspecified atom stereocenters. The lowest BCUT2D eigenvalue weighted by atomic mass is 9.61. The molecule has 2 bridgehead atoms. The molecule has 94 valence electrons. The van der Waals surface area contributed by atoms with E-state index in [0.717, 1.165) is 23.9 Å². The van der Waals surface area contributed by atoms with Gasteiger partial charge in [0.05, 0.1) is 25.7 Å². The molecule has 0 N–H and O–H groups in total. The molecule has 3 fully saturated rings. The Hall–Kier alpha value is -0.0400. The fourth-order valence-corrected chi connectivity index (χ4v) is 4.31. The highest BCUT2D eigenvalue weighted by atomic mass is 15.4. The minimum Gasteiger partial charge on any atom is -0.321 e. The van der Waals surface area contributed by atoms with Gasteiger partial charge in [-0.25, -0.2) is 0 Å². The summed E-state index contributed by atoms with van der Waals surface area (Å²) in [6, 6.07) is 1.74. The fourth-order valence-electron chi connectivity index (χ4n) is 4.31. The normalized spacial score (nSPS) is 44.1. The zero-order valence-corrected chi connectivity index (χ0v) is 12.1. The van der Waals surface area contributed by atoms with E-state index in [-0.39, 0.29) is 0 Å². The van der Waals surface area contributed by atoms with Crippen molar-refractivity contribution in [1.29, 1.82) is 0 Å². The number of nitrogens with zero attached hydrogens (tertiary/aromatic N) is 1.